The summed E-state index contributed by atoms with van der Waals surface area (Å²) in [4.78, 5) is 56.6. The molecule has 1 atom stereocenters. The summed E-state index contributed by atoms with van der Waals surface area (Å²) < 4.78 is 27.1. The zero-order valence-corrected chi connectivity index (χ0v) is 24.4. The molecule has 1 unspecified atom stereocenters. The van der Waals surface area contributed by atoms with Crippen molar-refractivity contribution in [3.8, 4) is 28.7 Å². The summed E-state index contributed by atoms with van der Waals surface area (Å²) in [5.41, 5.74) is 0.852. The molecule has 2 aliphatic carbocycles. The van der Waals surface area contributed by atoms with Crippen molar-refractivity contribution in [3.05, 3.63) is 86.6 Å². The first-order valence-corrected chi connectivity index (χ1v) is 13.1. The second-order valence-corrected chi connectivity index (χ2v) is 9.81. The Kier molecular flexibility index (Phi) is 7.42. The van der Waals surface area contributed by atoms with Crippen molar-refractivity contribution in [3.63, 3.8) is 0 Å². The Morgan fingerprint density at radius 2 is 1.24 bits per heavy atom. The molecule has 216 valence electrons. The number of carbonyl (C=O) groups is 4. The molecule has 10 nitrogen and oxygen atoms in total. The van der Waals surface area contributed by atoms with Crippen molar-refractivity contribution >= 4 is 35.0 Å². The van der Waals surface area contributed by atoms with Crippen LogP contribution >= 0.6 is 11.6 Å². The molecule has 0 saturated heterocycles. The molecule has 0 fully saturated rings. The zero-order valence-electron chi connectivity index (χ0n) is 23.6. The standard InChI is InChI=1S/C31H26ClNO9/c1-14-22-18(13-21(40-4)29(42-6)23(14)22)31(37)33(25-24(32)26(34)16-9-7-8-10-17(16)27(25)35)30(36)15-11-19(38-2)28(41-5)20(12-15)39-3/h7-14H,1-6H3. The minimum absolute atomic E-state index is 0.00820. The van der Waals surface area contributed by atoms with E-state index in [0.717, 1.165) is 5.56 Å². The number of rotatable bonds is 8. The number of benzene rings is 3. The number of fused-ring (bicyclic) bond motifs is 2. The van der Waals surface area contributed by atoms with Crippen LogP contribution in [0.5, 0.6) is 28.7 Å². The van der Waals surface area contributed by atoms with Crippen molar-refractivity contribution in [2.24, 2.45) is 0 Å². The van der Waals surface area contributed by atoms with E-state index in [4.69, 9.17) is 35.3 Å². The number of methoxy groups -OCH3 is 5. The van der Waals surface area contributed by atoms with Gasteiger partial charge in [0.15, 0.2) is 23.0 Å². The summed E-state index contributed by atoms with van der Waals surface area (Å²) in [6.07, 6.45) is 0. The number of nitrogens with zero attached hydrogens (tertiary/aromatic N) is 1. The Balaban J connectivity index is 1.75. The second-order valence-electron chi connectivity index (χ2n) is 9.43. The van der Waals surface area contributed by atoms with Crippen LogP contribution in [0.4, 0.5) is 0 Å². The third kappa shape index (κ3) is 4.26. The lowest BCUT2D eigenvalue weighted by Gasteiger charge is -2.27. The highest BCUT2D eigenvalue weighted by atomic mass is 35.5. The number of amides is 2. The summed E-state index contributed by atoms with van der Waals surface area (Å²) in [6, 6.07) is 10.2. The number of carbonyl (C=O) groups excluding carboxylic acids is 4. The lowest BCUT2D eigenvalue weighted by Crippen LogP contribution is -2.42. The van der Waals surface area contributed by atoms with Gasteiger partial charge in [0.25, 0.3) is 11.8 Å². The van der Waals surface area contributed by atoms with Crippen molar-refractivity contribution in [1.82, 2.24) is 4.90 Å². The van der Waals surface area contributed by atoms with Gasteiger partial charge in [0.1, 0.15) is 10.7 Å². The van der Waals surface area contributed by atoms with Gasteiger partial charge in [-0.25, -0.2) is 4.90 Å². The molecule has 0 N–H and O–H groups in total. The number of ether oxygens (including phenoxy) is 5. The molecule has 3 aromatic carbocycles. The quantitative estimate of drug-likeness (QED) is 0.333. The molecule has 3 aromatic rings. The highest BCUT2D eigenvalue weighted by molar-refractivity contribution is 6.50. The maximum atomic E-state index is 14.4. The normalized spacial score (nSPS) is 15.0. The second kappa shape index (κ2) is 10.9. The van der Waals surface area contributed by atoms with E-state index in [1.807, 2.05) is 6.92 Å². The molecule has 0 heterocycles. The van der Waals surface area contributed by atoms with Gasteiger partial charge in [0, 0.05) is 33.7 Å². The van der Waals surface area contributed by atoms with Gasteiger partial charge in [0.2, 0.25) is 17.3 Å². The van der Waals surface area contributed by atoms with E-state index in [9.17, 15) is 19.2 Å². The van der Waals surface area contributed by atoms with Gasteiger partial charge < -0.3 is 23.7 Å². The van der Waals surface area contributed by atoms with Gasteiger partial charge >= 0.3 is 0 Å². The number of hydrogen-bond acceptors (Lipinski definition) is 9. The minimum Gasteiger partial charge on any atom is -0.493 e. The molecule has 0 bridgehead atoms. The molecule has 0 radical (unpaired) electrons. The average molecular weight is 592 g/mol. The Bertz CT molecular complexity index is 1700. The summed E-state index contributed by atoms with van der Waals surface area (Å²) in [7, 11) is 7.05. The van der Waals surface area contributed by atoms with E-state index >= 15 is 0 Å². The smallest absolute Gasteiger partial charge is 0.265 e. The molecule has 11 heteroatoms. The fourth-order valence-electron chi connectivity index (χ4n) is 5.26. The van der Waals surface area contributed by atoms with Crippen molar-refractivity contribution < 1.29 is 42.9 Å². The summed E-state index contributed by atoms with van der Waals surface area (Å²) in [5, 5.41) is -0.567. The maximum absolute atomic E-state index is 14.4. The van der Waals surface area contributed by atoms with Gasteiger partial charge in [-0.05, 0) is 23.8 Å². The van der Waals surface area contributed by atoms with Crippen molar-refractivity contribution in [1.29, 1.82) is 0 Å². The van der Waals surface area contributed by atoms with Crippen LogP contribution in [0.3, 0.4) is 0 Å². The van der Waals surface area contributed by atoms with Gasteiger partial charge in [-0.2, -0.15) is 0 Å². The fraction of sp³-hybridized carbons (Fsp3) is 0.226. The Labute approximate surface area is 246 Å². The van der Waals surface area contributed by atoms with E-state index in [1.54, 1.807) is 12.1 Å². The van der Waals surface area contributed by atoms with Crippen molar-refractivity contribution in [2.45, 2.75) is 12.8 Å². The first-order valence-electron chi connectivity index (χ1n) is 12.7. The minimum atomic E-state index is -0.954. The Morgan fingerprint density at radius 1 is 0.714 bits per heavy atom. The molecule has 5 rings (SSSR count). The van der Waals surface area contributed by atoms with Crippen molar-refractivity contribution in [2.75, 3.05) is 35.5 Å². The van der Waals surface area contributed by atoms with Gasteiger partial charge in [-0.1, -0.05) is 42.8 Å². The van der Waals surface area contributed by atoms with Gasteiger partial charge in [-0.15, -0.1) is 0 Å². The van der Waals surface area contributed by atoms with E-state index in [0.29, 0.717) is 16.2 Å². The first kappa shape index (κ1) is 28.7. The monoisotopic (exact) mass is 591 g/mol. The molecule has 0 aromatic heterocycles. The van der Waals surface area contributed by atoms with E-state index in [2.05, 4.69) is 0 Å². The SMILES string of the molecule is COc1cc(C(=O)N(C(=O)c2cc(OC)c(OC)c3c2C3C)C2=C(Cl)C(=O)c3ccccc3C2=O)cc(OC)c1OC. The van der Waals surface area contributed by atoms with E-state index in [1.165, 1.54) is 65.9 Å². The Hall–Kier alpha value is -4.83. The largest absolute Gasteiger partial charge is 0.493 e. The third-order valence-corrected chi connectivity index (χ3v) is 7.69. The average Bonchev–Trinajstić information content (AvgIpc) is 3.69. The van der Waals surface area contributed by atoms with Crippen LogP contribution in [0.2, 0.25) is 0 Å². The van der Waals surface area contributed by atoms with Crippen LogP contribution in [0, 0.1) is 0 Å². The van der Waals surface area contributed by atoms with E-state index < -0.39 is 34.1 Å². The first-order chi connectivity index (χ1) is 20.1. The summed E-state index contributed by atoms with van der Waals surface area (Å²) >= 11 is 6.52. The fourth-order valence-corrected chi connectivity index (χ4v) is 5.53. The van der Waals surface area contributed by atoms with Crippen LogP contribution in [-0.4, -0.2) is 63.8 Å². The number of halogens is 1. The molecule has 0 saturated carbocycles. The molecule has 42 heavy (non-hydrogen) atoms. The molecule has 0 aliphatic heterocycles. The molecule has 2 amide bonds. The van der Waals surface area contributed by atoms with Crippen LogP contribution < -0.4 is 23.7 Å². The van der Waals surface area contributed by atoms with Crippen LogP contribution in [0.25, 0.3) is 0 Å². The molecular formula is C31H26ClNO9. The molecule has 2 aliphatic rings. The summed E-state index contributed by atoms with van der Waals surface area (Å²) in [5.74, 6) is -2.28. The topological polar surface area (TPSA) is 118 Å². The molecular weight excluding hydrogens is 566 g/mol. The summed E-state index contributed by atoms with van der Waals surface area (Å²) in [6.45, 7) is 1.87. The van der Waals surface area contributed by atoms with Gasteiger partial charge in [0.05, 0.1) is 35.5 Å². The highest BCUT2D eigenvalue weighted by Gasteiger charge is 2.45. The molecule has 0 spiro atoms. The Morgan fingerprint density at radius 3 is 1.76 bits per heavy atom. The lowest BCUT2D eigenvalue weighted by molar-refractivity contribution is 0.0640. The predicted molar refractivity (Wildman–Crippen MR) is 152 cm³/mol. The number of allylic oxidation sites excluding steroid dienone is 2. The highest BCUT2D eigenvalue weighted by Crippen LogP contribution is 2.55. The predicted octanol–water partition coefficient (Wildman–Crippen LogP) is 5.01. The third-order valence-electron chi connectivity index (χ3n) is 7.34. The number of Topliss-reactive ketones (excluding diaryl/α,β-unsaturated/α-hetero) is 2. The number of hydrogen-bond donors (Lipinski definition) is 0. The van der Waals surface area contributed by atoms with Crippen LogP contribution in [0.15, 0.2) is 53.2 Å². The van der Waals surface area contributed by atoms with Gasteiger partial charge in [-0.3, -0.25) is 19.2 Å². The number of ketones is 2. The van der Waals surface area contributed by atoms with Crippen LogP contribution in [-0.2, 0) is 0 Å². The number of imide groups is 1. The maximum Gasteiger partial charge on any atom is 0.265 e. The lowest BCUT2D eigenvalue weighted by atomic mass is 9.91. The van der Waals surface area contributed by atoms with E-state index in [-0.39, 0.29) is 51.2 Å². The van der Waals surface area contributed by atoms with Crippen LogP contribution in [0.1, 0.15) is 65.4 Å². The zero-order chi connectivity index (χ0) is 30.5.